The summed E-state index contributed by atoms with van der Waals surface area (Å²) in [5.74, 6) is -0.0720. The van der Waals surface area contributed by atoms with Gasteiger partial charge in [-0.3, -0.25) is 13.6 Å². The Morgan fingerprint density at radius 2 is 0.978 bits per heavy atom. The third kappa shape index (κ3) is 4.16. The van der Waals surface area contributed by atoms with Crippen LogP contribution in [0.3, 0.4) is 0 Å². The molecule has 254 valence electrons. The van der Waals surface area contributed by atoms with Crippen molar-refractivity contribution < 1.29 is 52.1 Å². The standard InChI is InChI=1S/C33H51O11P/c1-16-8-10-22-18(3)24(35-28-32(22)20(16)12-14-30(5,37-28)41-43-32)26-27(40-45(7,34)39-26)25-19(4)23-11-9-17(2)21-13-15-31(6)38-29(36-25)33(21,23)44-42-31/h16-29H,8-15H2,1-7H3/t16-,17-,18-,19-,20+,21+,22+,23+,24+,25+,26?,27?,28-,29-,30+,31+,32-,33-,45?/m1/s1. The number of hydrogen-bond donors (Lipinski definition) is 0. The molecular formula is C33H51O11P. The number of ether oxygens (including phenoxy) is 4. The Kier molecular flexibility index (Phi) is 6.83. The van der Waals surface area contributed by atoms with Crippen molar-refractivity contribution in [1.82, 2.24) is 0 Å². The molecular weight excluding hydrogens is 603 g/mol. The summed E-state index contributed by atoms with van der Waals surface area (Å²) in [4.78, 5) is 24.8. The Morgan fingerprint density at radius 3 is 1.40 bits per heavy atom. The predicted octanol–water partition coefficient (Wildman–Crippen LogP) is 6.09. The summed E-state index contributed by atoms with van der Waals surface area (Å²) in [6.07, 6.45) is 4.16. The van der Waals surface area contributed by atoms with Crippen LogP contribution < -0.4 is 0 Å². The highest BCUT2D eigenvalue weighted by molar-refractivity contribution is 7.53. The lowest BCUT2D eigenvalue weighted by Gasteiger charge is -2.62. The largest absolute Gasteiger partial charge is 0.343 e. The van der Waals surface area contributed by atoms with Gasteiger partial charge in [0, 0.05) is 31.3 Å². The van der Waals surface area contributed by atoms with Gasteiger partial charge in [0.2, 0.25) is 11.6 Å². The molecule has 0 aromatic rings. The molecule has 11 aliphatic rings. The minimum Gasteiger partial charge on any atom is -0.343 e. The number of hydrogen-bond acceptors (Lipinski definition) is 11. The quantitative estimate of drug-likeness (QED) is 0.255. The fourth-order valence-electron chi connectivity index (χ4n) is 11.7. The summed E-state index contributed by atoms with van der Waals surface area (Å²) in [6, 6.07) is 0. The highest BCUT2D eigenvalue weighted by Crippen LogP contribution is 2.66. The normalized spacial score (nSPS) is 65.0. The Bertz CT molecular complexity index is 1180. The topological polar surface area (TPSA) is 109 Å². The molecule has 2 saturated carbocycles. The second-order valence-electron chi connectivity index (χ2n) is 16.7. The van der Waals surface area contributed by atoms with E-state index in [-0.39, 0.29) is 35.5 Å². The van der Waals surface area contributed by atoms with Gasteiger partial charge in [0.15, 0.2) is 23.8 Å². The van der Waals surface area contributed by atoms with Crippen LogP contribution in [-0.4, -0.2) is 66.4 Å². The fraction of sp³-hybridized carbons (Fsp3) is 1.00. The van der Waals surface area contributed by atoms with E-state index in [4.69, 9.17) is 47.5 Å². The molecule has 0 aromatic heterocycles. The maximum atomic E-state index is 13.8. The van der Waals surface area contributed by atoms with Gasteiger partial charge in [-0.1, -0.05) is 27.7 Å². The Balaban J connectivity index is 1.07. The van der Waals surface area contributed by atoms with Crippen LogP contribution in [0.25, 0.3) is 0 Å². The van der Waals surface area contributed by atoms with E-state index in [2.05, 4.69) is 27.7 Å². The molecule has 0 amide bonds. The zero-order valence-electron chi connectivity index (χ0n) is 27.7. The minimum atomic E-state index is -3.41. The molecule has 9 saturated heterocycles. The average molecular weight is 655 g/mol. The first kappa shape index (κ1) is 30.9. The molecule has 2 spiro atoms. The summed E-state index contributed by atoms with van der Waals surface area (Å²) in [5, 5.41) is 0. The van der Waals surface area contributed by atoms with Crippen LogP contribution in [0.4, 0.5) is 0 Å². The van der Waals surface area contributed by atoms with Gasteiger partial charge < -0.3 is 18.9 Å². The Labute approximate surface area is 266 Å². The monoisotopic (exact) mass is 654 g/mol. The van der Waals surface area contributed by atoms with E-state index >= 15 is 0 Å². The van der Waals surface area contributed by atoms with Crippen LogP contribution in [0.5, 0.6) is 0 Å². The zero-order valence-corrected chi connectivity index (χ0v) is 28.6. The van der Waals surface area contributed by atoms with Crippen molar-refractivity contribution in [2.75, 3.05) is 6.66 Å². The van der Waals surface area contributed by atoms with Gasteiger partial charge >= 0.3 is 7.60 Å². The van der Waals surface area contributed by atoms with Crippen molar-refractivity contribution in [3.8, 4) is 0 Å². The molecule has 0 aromatic carbocycles. The molecule has 0 radical (unpaired) electrons. The molecule has 45 heavy (non-hydrogen) atoms. The lowest BCUT2D eigenvalue weighted by Crippen LogP contribution is -2.73. The summed E-state index contributed by atoms with van der Waals surface area (Å²) < 4.78 is 53.9. The van der Waals surface area contributed by atoms with Gasteiger partial charge in [-0.2, -0.15) is 0 Å². The van der Waals surface area contributed by atoms with Crippen LogP contribution in [0.1, 0.15) is 92.9 Å². The van der Waals surface area contributed by atoms with Crippen LogP contribution in [0.15, 0.2) is 0 Å². The molecule has 2 unspecified atom stereocenters. The summed E-state index contributed by atoms with van der Waals surface area (Å²) in [7, 11) is -3.41. The summed E-state index contributed by atoms with van der Waals surface area (Å²) >= 11 is 0. The third-order valence-electron chi connectivity index (χ3n) is 14.0. The molecule has 9 aliphatic heterocycles. The van der Waals surface area contributed by atoms with Crippen molar-refractivity contribution in [2.24, 2.45) is 47.3 Å². The predicted molar refractivity (Wildman–Crippen MR) is 157 cm³/mol. The second kappa shape index (κ2) is 9.96. The molecule has 12 heteroatoms. The molecule has 2 aliphatic carbocycles. The van der Waals surface area contributed by atoms with Crippen molar-refractivity contribution in [3.63, 3.8) is 0 Å². The van der Waals surface area contributed by atoms with Gasteiger partial charge in [-0.25, -0.2) is 19.6 Å². The van der Waals surface area contributed by atoms with Crippen LogP contribution in [-0.2, 0) is 52.1 Å². The van der Waals surface area contributed by atoms with Gasteiger partial charge in [0.25, 0.3) is 0 Å². The minimum absolute atomic E-state index is 0.00560. The van der Waals surface area contributed by atoms with Crippen molar-refractivity contribution >= 4 is 7.60 Å². The molecule has 4 bridgehead atoms. The molecule has 18 atom stereocenters. The zero-order chi connectivity index (χ0) is 31.3. The first-order valence-corrected chi connectivity index (χ1v) is 19.6. The van der Waals surface area contributed by atoms with E-state index in [1.54, 1.807) is 6.66 Å². The smallest absolute Gasteiger partial charge is 0.328 e. The molecule has 9 heterocycles. The van der Waals surface area contributed by atoms with E-state index in [1.165, 1.54) is 0 Å². The van der Waals surface area contributed by atoms with Crippen LogP contribution >= 0.6 is 7.60 Å². The lowest BCUT2D eigenvalue weighted by atomic mass is 9.56. The third-order valence-corrected chi connectivity index (χ3v) is 15.3. The van der Waals surface area contributed by atoms with Crippen molar-refractivity contribution in [2.45, 2.75) is 153 Å². The molecule has 11 fully saturated rings. The van der Waals surface area contributed by atoms with Crippen LogP contribution in [0, 0.1) is 47.3 Å². The maximum Gasteiger partial charge on any atom is 0.328 e. The van der Waals surface area contributed by atoms with Crippen molar-refractivity contribution in [3.05, 3.63) is 0 Å². The highest BCUT2D eigenvalue weighted by Gasteiger charge is 2.73. The van der Waals surface area contributed by atoms with Crippen LogP contribution in [0.2, 0.25) is 0 Å². The number of rotatable bonds is 2. The highest BCUT2D eigenvalue weighted by atomic mass is 31.2. The van der Waals surface area contributed by atoms with E-state index in [0.717, 1.165) is 51.4 Å². The Hall–Kier alpha value is -0.170. The first-order chi connectivity index (χ1) is 21.3. The Morgan fingerprint density at radius 1 is 0.556 bits per heavy atom. The van der Waals surface area contributed by atoms with Gasteiger partial charge in [-0.05, 0) is 87.9 Å². The van der Waals surface area contributed by atoms with Gasteiger partial charge in [-0.15, -0.1) is 0 Å². The maximum absolute atomic E-state index is 13.8. The average Bonchev–Trinajstić information content (AvgIpc) is 3.13. The van der Waals surface area contributed by atoms with Gasteiger partial charge in [0.1, 0.15) is 12.2 Å². The van der Waals surface area contributed by atoms with E-state index in [0.29, 0.717) is 11.8 Å². The number of fused-ring (bicyclic) bond motifs is 4. The lowest BCUT2D eigenvalue weighted by molar-refractivity contribution is -0.574. The van der Waals surface area contributed by atoms with E-state index in [9.17, 15) is 4.57 Å². The molecule has 11 rings (SSSR count). The SMILES string of the molecule is C[C@H]1[C@@H](C2OP(C)(=O)OC2[C@H]2O[C@@H]3O[C@]4(C)CC[C@H]5[C@H](C)CC[C@@H]([C@H]2C)[C@@]35OO4)O[C@@H]2O[C@]3(C)CC[C@H]4[C@H](C)CC[C@@H]1[C@@]24OO3. The first-order valence-electron chi connectivity index (χ1n) is 17.6. The molecule has 11 nitrogen and oxygen atoms in total. The molecule has 0 N–H and O–H groups in total. The van der Waals surface area contributed by atoms with Crippen molar-refractivity contribution in [1.29, 1.82) is 0 Å². The van der Waals surface area contributed by atoms with Gasteiger partial charge in [0.05, 0.1) is 12.2 Å². The summed E-state index contributed by atoms with van der Waals surface area (Å²) in [5.41, 5.74) is -1.38. The van der Waals surface area contributed by atoms with E-state index < -0.39 is 67.4 Å². The van der Waals surface area contributed by atoms with E-state index in [1.807, 2.05) is 13.8 Å². The second-order valence-corrected chi connectivity index (χ2v) is 18.6. The fourth-order valence-corrected chi connectivity index (χ4v) is 13.1. The summed E-state index contributed by atoms with van der Waals surface area (Å²) in [6.45, 7) is 14.5.